The molecule has 1 heterocycles. The molecule has 0 bridgehead atoms. The molecule has 124 valence electrons. The van der Waals surface area contributed by atoms with Crippen molar-refractivity contribution < 1.29 is 14.7 Å². The zero-order chi connectivity index (χ0) is 17.0. The molecule has 2 unspecified atom stereocenters. The summed E-state index contributed by atoms with van der Waals surface area (Å²) in [5, 5.41) is 9.90. The van der Waals surface area contributed by atoms with Crippen LogP contribution in [0.2, 0.25) is 0 Å². The van der Waals surface area contributed by atoms with Crippen molar-refractivity contribution in [2.45, 2.75) is 38.3 Å². The van der Waals surface area contributed by atoms with Crippen LogP contribution < -0.4 is 4.90 Å². The van der Waals surface area contributed by atoms with Crippen LogP contribution in [-0.2, 0) is 4.79 Å². The van der Waals surface area contributed by atoms with E-state index in [0.717, 1.165) is 19.3 Å². The lowest BCUT2D eigenvalue weighted by Gasteiger charge is -2.37. The number of anilines is 1. The van der Waals surface area contributed by atoms with E-state index in [1.54, 1.807) is 43.1 Å². The van der Waals surface area contributed by atoms with Crippen LogP contribution in [0.15, 0.2) is 36.9 Å². The highest BCUT2D eigenvalue weighted by Crippen LogP contribution is 2.23. The standard InChI is InChI=1S/C18H24N2O3/c1-4-17(22)19(3)15-10-8-14(9-11-15)18(23)20-12-6-5-7-16(20)13(2)21/h4,8-11,13,16,21H,1,5-7,12H2,2-3H3. The number of rotatable bonds is 4. The summed E-state index contributed by atoms with van der Waals surface area (Å²) in [6, 6.07) is 6.81. The average Bonchev–Trinajstić information content (AvgIpc) is 2.59. The number of nitrogens with zero attached hydrogens (tertiary/aromatic N) is 2. The number of likely N-dealkylation sites (tertiary alicyclic amines) is 1. The smallest absolute Gasteiger partial charge is 0.254 e. The quantitative estimate of drug-likeness (QED) is 0.866. The van der Waals surface area contributed by atoms with E-state index >= 15 is 0 Å². The van der Waals surface area contributed by atoms with Crippen LogP contribution >= 0.6 is 0 Å². The Morgan fingerprint density at radius 2 is 2.00 bits per heavy atom. The summed E-state index contributed by atoms with van der Waals surface area (Å²) in [4.78, 5) is 27.5. The minimum atomic E-state index is -0.533. The molecule has 2 rings (SSSR count). The number of piperidine rings is 1. The zero-order valence-corrected chi connectivity index (χ0v) is 13.7. The first-order valence-electron chi connectivity index (χ1n) is 7.95. The second kappa shape index (κ2) is 7.42. The van der Waals surface area contributed by atoms with Gasteiger partial charge in [0, 0.05) is 24.8 Å². The topological polar surface area (TPSA) is 60.9 Å². The largest absolute Gasteiger partial charge is 0.391 e. The molecule has 2 atom stereocenters. The maximum Gasteiger partial charge on any atom is 0.254 e. The minimum absolute atomic E-state index is 0.0696. The number of hydrogen-bond donors (Lipinski definition) is 1. The van der Waals surface area contributed by atoms with E-state index in [1.807, 2.05) is 0 Å². The molecular weight excluding hydrogens is 292 g/mol. The van der Waals surface area contributed by atoms with Gasteiger partial charge >= 0.3 is 0 Å². The van der Waals surface area contributed by atoms with Gasteiger partial charge in [-0.3, -0.25) is 9.59 Å². The SMILES string of the molecule is C=CC(=O)N(C)c1ccc(C(=O)N2CCCCC2C(C)O)cc1. The van der Waals surface area contributed by atoms with Crippen LogP contribution in [0, 0.1) is 0 Å². The normalized spacial score (nSPS) is 19.1. The van der Waals surface area contributed by atoms with Crippen LogP contribution in [-0.4, -0.2) is 47.6 Å². The number of aliphatic hydroxyl groups excluding tert-OH is 1. The molecule has 5 heteroatoms. The summed E-state index contributed by atoms with van der Waals surface area (Å²) >= 11 is 0. The predicted octanol–water partition coefficient (Wildman–Crippen LogP) is 2.21. The van der Waals surface area contributed by atoms with Crippen molar-refractivity contribution in [2.24, 2.45) is 0 Å². The third kappa shape index (κ3) is 3.79. The van der Waals surface area contributed by atoms with E-state index in [9.17, 15) is 14.7 Å². The van der Waals surface area contributed by atoms with Gasteiger partial charge < -0.3 is 14.9 Å². The molecule has 1 saturated heterocycles. The average molecular weight is 316 g/mol. The second-order valence-electron chi connectivity index (χ2n) is 5.95. The Kier molecular flexibility index (Phi) is 5.55. The van der Waals surface area contributed by atoms with Crippen molar-refractivity contribution in [3.05, 3.63) is 42.5 Å². The Morgan fingerprint density at radius 3 is 2.57 bits per heavy atom. The van der Waals surface area contributed by atoms with E-state index in [0.29, 0.717) is 17.8 Å². The molecule has 1 aliphatic rings. The number of amides is 2. The third-order valence-electron chi connectivity index (χ3n) is 4.37. The van der Waals surface area contributed by atoms with Gasteiger partial charge in [-0.25, -0.2) is 0 Å². The number of benzene rings is 1. The summed E-state index contributed by atoms with van der Waals surface area (Å²) < 4.78 is 0. The first-order valence-corrected chi connectivity index (χ1v) is 7.95. The summed E-state index contributed by atoms with van der Waals surface area (Å²) in [6.07, 6.45) is 3.55. The Balaban J connectivity index is 2.16. The molecule has 0 aromatic heterocycles. The van der Waals surface area contributed by atoms with Crippen molar-refractivity contribution >= 4 is 17.5 Å². The first kappa shape index (κ1) is 17.2. The lowest BCUT2D eigenvalue weighted by molar-refractivity contribution is -0.113. The zero-order valence-electron chi connectivity index (χ0n) is 13.7. The molecule has 2 amide bonds. The fourth-order valence-electron chi connectivity index (χ4n) is 2.97. The fraction of sp³-hybridized carbons (Fsp3) is 0.444. The molecule has 23 heavy (non-hydrogen) atoms. The number of carbonyl (C=O) groups is 2. The van der Waals surface area contributed by atoms with Gasteiger partial charge in [-0.2, -0.15) is 0 Å². The maximum absolute atomic E-state index is 12.7. The van der Waals surface area contributed by atoms with Crippen LogP contribution in [0.4, 0.5) is 5.69 Å². The third-order valence-corrected chi connectivity index (χ3v) is 4.37. The van der Waals surface area contributed by atoms with E-state index < -0.39 is 6.10 Å². The molecule has 1 aliphatic heterocycles. The summed E-state index contributed by atoms with van der Waals surface area (Å²) in [6.45, 7) is 5.87. The lowest BCUT2D eigenvalue weighted by Crippen LogP contribution is -2.48. The Labute approximate surface area is 137 Å². The Hall–Kier alpha value is -2.14. The highest BCUT2D eigenvalue weighted by atomic mass is 16.3. The van der Waals surface area contributed by atoms with E-state index in [4.69, 9.17) is 0 Å². The number of carbonyl (C=O) groups excluding carboxylic acids is 2. The number of hydrogen-bond acceptors (Lipinski definition) is 3. The van der Waals surface area contributed by atoms with Crippen LogP contribution in [0.1, 0.15) is 36.5 Å². The lowest BCUT2D eigenvalue weighted by atomic mass is 9.97. The predicted molar refractivity (Wildman–Crippen MR) is 90.4 cm³/mol. The highest BCUT2D eigenvalue weighted by Gasteiger charge is 2.30. The Morgan fingerprint density at radius 1 is 1.35 bits per heavy atom. The molecule has 0 saturated carbocycles. The van der Waals surface area contributed by atoms with Gasteiger partial charge in [-0.15, -0.1) is 0 Å². The van der Waals surface area contributed by atoms with Gasteiger partial charge in [0.15, 0.2) is 0 Å². The summed E-state index contributed by atoms with van der Waals surface area (Å²) in [5.41, 5.74) is 1.28. The van der Waals surface area contributed by atoms with Gasteiger partial charge in [-0.1, -0.05) is 6.58 Å². The molecule has 1 aromatic rings. The van der Waals surface area contributed by atoms with E-state index in [2.05, 4.69) is 6.58 Å². The van der Waals surface area contributed by atoms with Crippen molar-refractivity contribution in [1.82, 2.24) is 4.90 Å². The maximum atomic E-state index is 12.7. The van der Waals surface area contributed by atoms with Gasteiger partial charge in [-0.05, 0) is 56.5 Å². The summed E-state index contributed by atoms with van der Waals surface area (Å²) in [7, 11) is 1.66. The van der Waals surface area contributed by atoms with E-state index in [-0.39, 0.29) is 17.9 Å². The molecule has 0 radical (unpaired) electrons. The van der Waals surface area contributed by atoms with Crippen LogP contribution in [0.25, 0.3) is 0 Å². The molecule has 0 spiro atoms. The summed E-state index contributed by atoms with van der Waals surface area (Å²) in [5.74, 6) is -0.269. The van der Waals surface area contributed by atoms with Crippen LogP contribution in [0.5, 0.6) is 0 Å². The highest BCUT2D eigenvalue weighted by molar-refractivity contribution is 6.01. The van der Waals surface area contributed by atoms with Gasteiger partial charge in [0.1, 0.15) is 0 Å². The number of aliphatic hydroxyl groups is 1. The fourth-order valence-corrected chi connectivity index (χ4v) is 2.97. The number of likely N-dealkylation sites (N-methyl/N-ethyl adjacent to an activating group) is 1. The Bertz CT molecular complexity index is 580. The van der Waals surface area contributed by atoms with Crippen LogP contribution in [0.3, 0.4) is 0 Å². The van der Waals surface area contributed by atoms with Gasteiger partial charge in [0.05, 0.1) is 12.1 Å². The second-order valence-corrected chi connectivity index (χ2v) is 5.95. The molecule has 1 aromatic carbocycles. The monoisotopic (exact) mass is 316 g/mol. The van der Waals surface area contributed by atoms with E-state index in [1.165, 1.54) is 11.0 Å². The van der Waals surface area contributed by atoms with Crippen molar-refractivity contribution in [3.8, 4) is 0 Å². The minimum Gasteiger partial charge on any atom is -0.391 e. The molecule has 1 fully saturated rings. The van der Waals surface area contributed by atoms with Crippen molar-refractivity contribution in [2.75, 3.05) is 18.5 Å². The first-order chi connectivity index (χ1) is 11.0. The van der Waals surface area contributed by atoms with Gasteiger partial charge in [0.25, 0.3) is 5.91 Å². The molecule has 1 N–H and O–H groups in total. The van der Waals surface area contributed by atoms with Crippen molar-refractivity contribution in [1.29, 1.82) is 0 Å². The molecule has 0 aliphatic carbocycles. The molecule has 5 nitrogen and oxygen atoms in total. The molecular formula is C18H24N2O3. The van der Waals surface area contributed by atoms with Gasteiger partial charge in [0.2, 0.25) is 5.91 Å². The van der Waals surface area contributed by atoms with Crippen molar-refractivity contribution in [3.63, 3.8) is 0 Å².